The van der Waals surface area contributed by atoms with Crippen LogP contribution in [0.1, 0.15) is 24.8 Å². The fourth-order valence-corrected chi connectivity index (χ4v) is 5.34. The average Bonchev–Trinajstić information content (AvgIpc) is 2.80. The topological polar surface area (TPSA) is 97.1 Å². The van der Waals surface area contributed by atoms with Gasteiger partial charge < -0.3 is 25.4 Å². The van der Waals surface area contributed by atoms with Gasteiger partial charge in [0.15, 0.2) is 0 Å². The molecule has 0 unspecified atom stereocenters. The van der Waals surface area contributed by atoms with Gasteiger partial charge in [-0.2, -0.15) is 0 Å². The second-order valence-corrected chi connectivity index (χ2v) is 9.68. The van der Waals surface area contributed by atoms with Crippen molar-refractivity contribution in [2.45, 2.75) is 37.5 Å². The van der Waals surface area contributed by atoms with Crippen molar-refractivity contribution < 1.29 is 19.1 Å². The molecule has 8 nitrogen and oxygen atoms in total. The first-order valence-corrected chi connectivity index (χ1v) is 12.3. The number of ether oxygens (including phenoxy) is 2. The second kappa shape index (κ2) is 10.8. The minimum Gasteiger partial charge on any atom is -0.497 e. The number of fused-ring (bicyclic) bond motifs is 1. The molecule has 9 heteroatoms. The Morgan fingerprint density at radius 3 is 2.44 bits per heavy atom. The highest BCUT2D eigenvalue weighted by atomic mass is 79.9. The van der Waals surface area contributed by atoms with Crippen LogP contribution < -0.4 is 15.8 Å². The van der Waals surface area contributed by atoms with Crippen molar-refractivity contribution in [2.24, 2.45) is 5.73 Å². The lowest BCUT2D eigenvalue weighted by Gasteiger charge is -2.57. The number of hydrogen-bond acceptors (Lipinski definition) is 6. The van der Waals surface area contributed by atoms with Crippen molar-refractivity contribution in [3.05, 3.63) is 58.6 Å². The van der Waals surface area contributed by atoms with E-state index in [2.05, 4.69) is 38.3 Å². The van der Waals surface area contributed by atoms with Gasteiger partial charge in [-0.05, 0) is 48.4 Å². The van der Waals surface area contributed by atoms with E-state index in [1.54, 1.807) is 36.3 Å². The molecule has 4 atom stereocenters. The van der Waals surface area contributed by atoms with Gasteiger partial charge in [-0.25, -0.2) is 4.79 Å². The summed E-state index contributed by atoms with van der Waals surface area (Å²) in [5.74, 6) is 0.596. The third-order valence-electron chi connectivity index (χ3n) is 6.68. The molecule has 2 fully saturated rings. The Morgan fingerprint density at radius 2 is 1.82 bits per heavy atom. The Balaban J connectivity index is 1.56. The van der Waals surface area contributed by atoms with Crippen LogP contribution in [0, 0.1) is 0 Å². The third kappa shape index (κ3) is 5.37. The van der Waals surface area contributed by atoms with Crippen LogP contribution in [0.5, 0.6) is 5.75 Å². The van der Waals surface area contributed by atoms with Crippen molar-refractivity contribution in [1.29, 1.82) is 0 Å². The van der Waals surface area contributed by atoms with E-state index in [0.29, 0.717) is 31.7 Å². The maximum absolute atomic E-state index is 13.3. The van der Waals surface area contributed by atoms with E-state index in [-0.39, 0.29) is 36.1 Å². The van der Waals surface area contributed by atoms with Crippen LogP contribution in [0.15, 0.2) is 53.0 Å². The van der Waals surface area contributed by atoms with E-state index in [1.165, 1.54) is 12.5 Å². The summed E-state index contributed by atoms with van der Waals surface area (Å²) in [6.07, 6.45) is 0.275. The molecule has 3 N–H and O–H groups in total. The first-order chi connectivity index (χ1) is 16.4. The minimum absolute atomic E-state index is 0.134. The number of rotatable bonds is 5. The van der Waals surface area contributed by atoms with E-state index in [1.807, 2.05) is 12.1 Å². The van der Waals surface area contributed by atoms with Gasteiger partial charge in [0.2, 0.25) is 0 Å². The van der Waals surface area contributed by atoms with Crippen molar-refractivity contribution in [1.82, 2.24) is 9.80 Å². The number of halogens is 1. The molecular formula is C25H31BrN4O4. The molecule has 2 amide bonds. The fraction of sp³-hybridized carbons (Fsp3) is 0.440. The van der Waals surface area contributed by atoms with E-state index in [0.717, 1.165) is 16.8 Å². The quantitative estimate of drug-likeness (QED) is 0.575. The first kappa shape index (κ1) is 24.5. The summed E-state index contributed by atoms with van der Waals surface area (Å²) in [6, 6.07) is 15.6. The molecule has 2 aliphatic heterocycles. The van der Waals surface area contributed by atoms with Crippen LogP contribution in [0.4, 0.5) is 10.5 Å². The summed E-state index contributed by atoms with van der Waals surface area (Å²) in [5, 5.41) is 2.97. The van der Waals surface area contributed by atoms with Crippen molar-refractivity contribution in [2.75, 3.05) is 38.6 Å². The number of benzene rings is 2. The highest BCUT2D eigenvalue weighted by molar-refractivity contribution is 9.10. The van der Waals surface area contributed by atoms with Gasteiger partial charge in [-0.1, -0.05) is 28.1 Å². The highest BCUT2D eigenvalue weighted by Gasteiger charge is 2.50. The number of nitrogens with two attached hydrogens (primary N) is 1. The predicted molar refractivity (Wildman–Crippen MR) is 134 cm³/mol. The van der Waals surface area contributed by atoms with Gasteiger partial charge >= 0.3 is 12.0 Å². The van der Waals surface area contributed by atoms with Gasteiger partial charge in [0, 0.05) is 54.7 Å². The van der Waals surface area contributed by atoms with E-state index in [4.69, 9.17) is 15.2 Å². The normalized spacial score (nSPS) is 24.8. The summed E-state index contributed by atoms with van der Waals surface area (Å²) in [4.78, 5) is 29.1. The molecule has 2 aromatic rings. The van der Waals surface area contributed by atoms with Crippen LogP contribution in [-0.4, -0.2) is 73.3 Å². The van der Waals surface area contributed by atoms with E-state index in [9.17, 15) is 9.59 Å². The zero-order valence-electron chi connectivity index (χ0n) is 19.4. The Labute approximate surface area is 208 Å². The van der Waals surface area contributed by atoms with Crippen LogP contribution in [0.25, 0.3) is 0 Å². The Bertz CT molecular complexity index is 1000. The summed E-state index contributed by atoms with van der Waals surface area (Å²) in [6.45, 7) is 3.54. The molecule has 2 aliphatic rings. The van der Waals surface area contributed by atoms with E-state index < -0.39 is 0 Å². The summed E-state index contributed by atoms with van der Waals surface area (Å²) in [5.41, 5.74) is 8.07. The Hall–Kier alpha value is -2.62. The van der Waals surface area contributed by atoms with Gasteiger partial charge in [0.1, 0.15) is 11.9 Å². The number of nitrogens with zero attached hydrogens (tertiary/aromatic N) is 2. The summed E-state index contributed by atoms with van der Waals surface area (Å²) >= 11 is 3.51. The Morgan fingerprint density at radius 1 is 1.12 bits per heavy atom. The van der Waals surface area contributed by atoms with Crippen LogP contribution in [0.3, 0.4) is 0 Å². The molecule has 2 saturated heterocycles. The molecule has 0 aromatic heterocycles. The third-order valence-corrected chi connectivity index (χ3v) is 7.21. The number of urea groups is 1. The Kier molecular flexibility index (Phi) is 7.75. The van der Waals surface area contributed by atoms with Crippen LogP contribution in [-0.2, 0) is 9.53 Å². The molecule has 0 radical (unpaired) electrons. The largest absolute Gasteiger partial charge is 0.497 e. The number of carbonyl (C=O) groups excluding carboxylic acids is 2. The number of methoxy groups -OCH3 is 1. The lowest BCUT2D eigenvalue weighted by atomic mass is 9.74. The highest BCUT2D eigenvalue weighted by Crippen LogP contribution is 2.42. The molecule has 4 rings (SSSR count). The number of amides is 2. The molecular weight excluding hydrogens is 500 g/mol. The molecule has 2 heterocycles. The second-order valence-electron chi connectivity index (χ2n) is 8.77. The maximum atomic E-state index is 13.3. The van der Waals surface area contributed by atoms with E-state index >= 15 is 0 Å². The van der Waals surface area contributed by atoms with Crippen molar-refractivity contribution >= 4 is 33.6 Å². The van der Waals surface area contributed by atoms with Crippen LogP contribution in [0.2, 0.25) is 0 Å². The molecule has 0 bridgehead atoms. The lowest BCUT2D eigenvalue weighted by Crippen LogP contribution is -2.69. The van der Waals surface area contributed by atoms with Gasteiger partial charge in [-0.3, -0.25) is 9.69 Å². The maximum Gasteiger partial charge on any atom is 0.322 e. The first-order valence-electron chi connectivity index (χ1n) is 11.5. The standard InChI is InChI=1S/C25H31BrN4O4/c1-16(31)34-21-11-12-30-22(13-27)24(17-3-5-18(26)6-4-17)23(30)15-29(14-21)25(32)28-19-7-9-20(33-2)10-8-19/h3-10,21-24H,11-15,27H2,1-2H3,(H,28,32)/t21-,22+,23-,24-/m0/s1. The fourth-order valence-electron chi connectivity index (χ4n) is 5.08. The predicted octanol–water partition coefficient (Wildman–Crippen LogP) is 3.42. The van der Waals surface area contributed by atoms with Gasteiger partial charge in [0.05, 0.1) is 13.7 Å². The van der Waals surface area contributed by atoms with Crippen LogP contribution >= 0.6 is 15.9 Å². The van der Waals surface area contributed by atoms with Crippen molar-refractivity contribution in [3.63, 3.8) is 0 Å². The lowest BCUT2D eigenvalue weighted by molar-refractivity contribution is -0.149. The molecule has 34 heavy (non-hydrogen) atoms. The van der Waals surface area contributed by atoms with Crippen molar-refractivity contribution in [3.8, 4) is 5.75 Å². The molecule has 0 spiro atoms. The number of anilines is 1. The average molecular weight is 531 g/mol. The number of hydrogen-bond donors (Lipinski definition) is 2. The molecule has 2 aromatic carbocycles. The summed E-state index contributed by atoms with van der Waals surface area (Å²) < 4.78 is 11.8. The zero-order valence-corrected chi connectivity index (χ0v) is 21.0. The molecule has 0 aliphatic carbocycles. The van der Waals surface area contributed by atoms with Gasteiger partial charge in [-0.15, -0.1) is 0 Å². The molecule has 182 valence electrons. The minimum atomic E-state index is -0.370. The summed E-state index contributed by atoms with van der Waals surface area (Å²) in [7, 11) is 1.60. The van der Waals surface area contributed by atoms with Gasteiger partial charge in [0.25, 0.3) is 0 Å². The SMILES string of the molecule is COc1ccc(NC(=O)N2C[C@@H](OC(C)=O)CCN3[C@H](CN)[C@H](c4ccc(Br)cc4)[C@@H]3C2)cc1. The molecule has 0 saturated carbocycles. The number of nitrogens with one attached hydrogen (secondary N) is 1. The monoisotopic (exact) mass is 530 g/mol. The number of esters is 1. The zero-order chi connectivity index (χ0) is 24.2. The number of carbonyl (C=O) groups is 2. The smallest absolute Gasteiger partial charge is 0.322 e.